The number of rotatable bonds is 2. The van der Waals surface area contributed by atoms with Crippen molar-refractivity contribution < 1.29 is 56.4 Å². The van der Waals surface area contributed by atoms with Gasteiger partial charge in [0.2, 0.25) is 0 Å². The first kappa shape index (κ1) is 30.9. The number of nitrogen functional groups attached to an aromatic ring is 1. The Hall–Kier alpha value is -2.73. The van der Waals surface area contributed by atoms with E-state index in [0.29, 0.717) is 0 Å². The lowest BCUT2D eigenvalue weighted by Crippen LogP contribution is -2.70. The van der Waals surface area contributed by atoms with Crippen LogP contribution in [0.3, 0.4) is 0 Å². The minimum absolute atomic E-state index is 0.0549. The number of nitrogens with zero attached hydrogens (tertiary/aromatic N) is 6. The molecule has 4 fully saturated rings. The van der Waals surface area contributed by atoms with Crippen LogP contribution < -0.4 is 27.8 Å². The molecular formula is C20H29N11O12P2. The molecule has 5 unspecified atom stereocenters. The van der Waals surface area contributed by atoms with Crippen molar-refractivity contribution in [1.29, 1.82) is 0 Å². The van der Waals surface area contributed by atoms with Crippen LogP contribution in [0.4, 0.5) is 5.82 Å². The van der Waals surface area contributed by atoms with Gasteiger partial charge in [-0.25, -0.2) is 24.1 Å². The number of anilines is 1. The number of hydrogen-bond donors (Lipinski definition) is 8. The number of aliphatic hydroxyl groups excluding tert-OH is 1. The summed E-state index contributed by atoms with van der Waals surface area (Å²) in [4.78, 5) is 51.4. The third kappa shape index (κ3) is 5.53. The molecule has 246 valence electrons. The predicted molar refractivity (Wildman–Crippen MR) is 145 cm³/mol. The average molecular weight is 677 g/mol. The lowest BCUT2D eigenvalue weighted by Gasteiger charge is -2.39. The number of hydrogen-bond acceptors (Lipinski definition) is 19. The molecule has 4 bridgehead atoms. The fourth-order valence-electron chi connectivity index (χ4n) is 5.76. The van der Waals surface area contributed by atoms with Crippen molar-refractivity contribution in [1.82, 2.24) is 35.1 Å². The second-order valence-corrected chi connectivity index (χ2v) is 13.5. The van der Waals surface area contributed by atoms with Gasteiger partial charge in [-0.2, -0.15) is 0 Å². The molecule has 0 aliphatic carbocycles. The predicted octanol–water partition coefficient (Wildman–Crippen LogP) is -4.26. The summed E-state index contributed by atoms with van der Waals surface area (Å²) in [5, 5.41) is 16.5. The Morgan fingerprint density at radius 3 is 2.42 bits per heavy atom. The molecule has 0 saturated carbocycles. The maximum atomic E-state index is 13.2. The summed E-state index contributed by atoms with van der Waals surface area (Å²) < 4.78 is 60.9. The van der Waals surface area contributed by atoms with Gasteiger partial charge in [0.1, 0.15) is 54.8 Å². The topological polar surface area (TPSA) is 329 Å². The van der Waals surface area contributed by atoms with Crippen LogP contribution in [-0.4, -0.2) is 126 Å². The van der Waals surface area contributed by atoms with E-state index in [2.05, 4.69) is 30.6 Å². The van der Waals surface area contributed by atoms with Gasteiger partial charge in [0.05, 0.1) is 31.9 Å². The highest BCUT2D eigenvalue weighted by molar-refractivity contribution is 7.47. The molecule has 0 radical (unpaired) electrons. The number of nitrogens with two attached hydrogens (primary N) is 3. The van der Waals surface area contributed by atoms with Gasteiger partial charge in [-0.1, -0.05) is 0 Å². The van der Waals surface area contributed by atoms with Gasteiger partial charge >= 0.3 is 15.6 Å². The number of ether oxygens (including phenoxy) is 2. The molecule has 11 N–H and O–H groups in total. The van der Waals surface area contributed by atoms with Gasteiger partial charge in [0, 0.05) is 0 Å². The van der Waals surface area contributed by atoms with Gasteiger partial charge in [-0.3, -0.25) is 43.5 Å². The lowest BCUT2D eigenvalue weighted by molar-refractivity contribution is -0.130. The maximum Gasteiger partial charge on any atom is 0.472 e. The van der Waals surface area contributed by atoms with Crippen LogP contribution in [0, 0.1) is 0 Å². The van der Waals surface area contributed by atoms with Crippen LogP contribution in [-0.2, 0) is 41.5 Å². The Morgan fingerprint density at radius 2 is 1.67 bits per heavy atom. The Bertz CT molecular complexity index is 1620. The van der Waals surface area contributed by atoms with E-state index in [4.69, 9.17) is 44.8 Å². The second kappa shape index (κ2) is 11.2. The van der Waals surface area contributed by atoms with Crippen LogP contribution >= 0.6 is 15.6 Å². The first-order chi connectivity index (χ1) is 21.3. The largest absolute Gasteiger partial charge is 0.472 e. The zero-order chi connectivity index (χ0) is 31.8. The number of aliphatic hydroxyl groups is 1. The number of amides is 1. The zero-order valence-electron chi connectivity index (χ0n) is 22.8. The quantitative estimate of drug-likeness (QED) is 0.139. The van der Waals surface area contributed by atoms with Crippen molar-refractivity contribution >= 4 is 44.9 Å². The molecule has 5 aliphatic rings. The molecule has 1 amide bonds. The van der Waals surface area contributed by atoms with E-state index >= 15 is 0 Å². The van der Waals surface area contributed by atoms with Crippen LogP contribution in [0.25, 0.3) is 11.2 Å². The number of carbonyl (C=O) groups is 1. The van der Waals surface area contributed by atoms with Gasteiger partial charge in [-0.05, 0) is 0 Å². The Balaban J connectivity index is 1.18. The molecule has 45 heavy (non-hydrogen) atoms. The maximum absolute atomic E-state index is 13.2. The van der Waals surface area contributed by atoms with Crippen molar-refractivity contribution in [3.8, 4) is 0 Å². The fourth-order valence-corrected chi connectivity index (χ4v) is 7.64. The number of aliphatic imine (C=N–C) groups is 1. The molecule has 7 rings (SSSR count). The number of phosphoric acid groups is 2. The van der Waals surface area contributed by atoms with Crippen LogP contribution in [0.1, 0.15) is 6.23 Å². The van der Waals surface area contributed by atoms with Crippen molar-refractivity contribution in [3.05, 3.63) is 12.7 Å². The van der Waals surface area contributed by atoms with Crippen molar-refractivity contribution in [3.63, 3.8) is 0 Å². The molecular weight excluding hydrogens is 648 g/mol. The van der Waals surface area contributed by atoms with Gasteiger partial charge in [-0.15, -0.1) is 0 Å². The highest BCUT2D eigenvalue weighted by Gasteiger charge is 2.56. The van der Waals surface area contributed by atoms with E-state index in [9.17, 15) is 28.8 Å². The first-order valence-electron chi connectivity index (χ1n) is 13.4. The summed E-state index contributed by atoms with van der Waals surface area (Å²) in [7, 11) is -9.98. The first-order valence-corrected chi connectivity index (χ1v) is 16.4. The van der Waals surface area contributed by atoms with E-state index in [1.165, 1.54) is 28.5 Å². The Labute approximate surface area is 252 Å². The zero-order valence-corrected chi connectivity index (χ0v) is 24.6. The number of carbonyl (C=O) groups excluding carboxylic acids is 1. The standard InChI is InChI=1S/C20H29N11O12P2/c21-8-6-1-38-45(36,37)43-13-11(32)7(41-19(13)31-5-27-10-16(31)28-20(23)29-17(10)33)2-39-44(34,35)42-12(8)18(40-6)30-4-26-9-14(22)24-3-25-15(9)30/h3-8,10-13,16,18-20,28,32H,1-2,21,23H2,(H,29,33)(H,34,35)(H,36,37)(H2,22,24,25)/t6-,7-,8-,10?,11-,12-,13-,16?,18-,19-,20?/m1/s1. The third-order valence-electron chi connectivity index (χ3n) is 7.88. The highest BCUT2D eigenvalue weighted by Crippen LogP contribution is 2.52. The highest BCUT2D eigenvalue weighted by atomic mass is 31.2. The molecule has 7 heterocycles. The molecule has 4 saturated heterocycles. The molecule has 0 spiro atoms. The van der Waals surface area contributed by atoms with E-state index in [0.717, 1.165) is 0 Å². The normalized spacial score (nSPS) is 45.4. The molecule has 0 aromatic carbocycles. The Kier molecular flexibility index (Phi) is 7.70. The molecule has 25 heteroatoms. The average Bonchev–Trinajstić information content (AvgIpc) is 3.72. The van der Waals surface area contributed by atoms with E-state index in [-0.39, 0.29) is 17.0 Å². The van der Waals surface area contributed by atoms with Crippen molar-refractivity contribution in [2.24, 2.45) is 16.5 Å². The summed E-state index contributed by atoms with van der Waals surface area (Å²) in [6.45, 7) is -1.43. The summed E-state index contributed by atoms with van der Waals surface area (Å²) in [6.07, 6.45) is -8.25. The number of nitrogens with one attached hydrogen (secondary N) is 2. The molecule has 2 aromatic heterocycles. The lowest BCUT2D eigenvalue weighted by atomic mass is 10.1. The van der Waals surface area contributed by atoms with Gasteiger partial charge in [0.15, 0.2) is 30.0 Å². The number of aromatic nitrogens is 4. The molecule has 5 aliphatic heterocycles. The SMILES string of the molecule is Nc1ncnc2c1ncn2[C@@H]1O[C@@H]2COP(=O)(O)O[C@@H]3[C@H](O)[C@@H](COP(=O)(O)O[C@@H]1[C@@H]2N)O[C@H]3N1C=NC2C(=O)NC(N)NC21. The summed E-state index contributed by atoms with van der Waals surface area (Å²) in [5.74, 6) is -0.447. The molecule has 13 atom stereocenters. The van der Waals surface area contributed by atoms with Crippen LogP contribution in [0.2, 0.25) is 0 Å². The van der Waals surface area contributed by atoms with E-state index in [1.54, 1.807) is 0 Å². The van der Waals surface area contributed by atoms with E-state index < -0.39 is 102 Å². The Morgan fingerprint density at radius 1 is 0.978 bits per heavy atom. The smallest absolute Gasteiger partial charge is 0.387 e. The fraction of sp³-hybridized carbons (Fsp3) is 0.650. The number of phosphoric ester groups is 2. The molecule has 23 nitrogen and oxygen atoms in total. The van der Waals surface area contributed by atoms with Crippen LogP contribution in [0.15, 0.2) is 17.6 Å². The van der Waals surface area contributed by atoms with Gasteiger partial charge in [0.25, 0.3) is 5.91 Å². The summed E-state index contributed by atoms with van der Waals surface area (Å²) >= 11 is 0. The number of imidazole rings is 1. The monoisotopic (exact) mass is 677 g/mol. The summed E-state index contributed by atoms with van der Waals surface area (Å²) in [5.41, 5.74) is 18.4. The minimum atomic E-state index is -5.01. The third-order valence-corrected chi connectivity index (χ3v) is 9.85. The minimum Gasteiger partial charge on any atom is -0.387 e. The molecule has 2 aromatic rings. The second-order valence-electron chi connectivity index (χ2n) is 10.7. The van der Waals surface area contributed by atoms with Gasteiger partial charge < -0.3 is 46.1 Å². The van der Waals surface area contributed by atoms with Crippen molar-refractivity contribution in [2.45, 2.75) is 67.5 Å². The summed E-state index contributed by atoms with van der Waals surface area (Å²) in [6, 6.07) is -2.20. The van der Waals surface area contributed by atoms with Crippen LogP contribution in [0.5, 0.6) is 0 Å². The van der Waals surface area contributed by atoms with E-state index in [1.807, 2.05) is 0 Å². The number of fused-ring (bicyclic) bond motifs is 6. The van der Waals surface area contributed by atoms with Crippen molar-refractivity contribution in [2.75, 3.05) is 18.9 Å².